The first kappa shape index (κ1) is 37.7. The van der Waals surface area contributed by atoms with Gasteiger partial charge in [-0.1, -0.05) is 48.0 Å². The number of fused-ring (bicyclic) bond motifs is 2. The van der Waals surface area contributed by atoms with Gasteiger partial charge in [-0.15, -0.1) is 0 Å². The fourth-order valence-corrected chi connectivity index (χ4v) is 7.30. The molecule has 9 nitrogen and oxygen atoms in total. The SMILES string of the molecule is CCOC(=O)c1ccc2c(n1)CCCC2NCC(CCc1ccc(OCc2cc(Cl)cc(-c3nc4ccccc4o3)c2)c(F)c1)c1ccc(C(=O)OC)cc1. The summed E-state index contributed by atoms with van der Waals surface area (Å²) >= 11 is 6.44. The first-order valence-corrected chi connectivity index (χ1v) is 18.8. The topological polar surface area (TPSA) is 113 Å². The van der Waals surface area contributed by atoms with E-state index in [0.717, 1.165) is 52.7 Å². The number of nitrogens with one attached hydrogen (secondary N) is 1. The standard InChI is InChI=1S/C44H41ClFN3O6/c1-3-53-44(51)39-19-18-34-36(8-6-9-37(34)48-39)47-25-31(29-14-16-30(17-15-29)43(50)52-2)13-11-27-12-20-40(35(46)23-27)54-26-28-21-32(24-33(45)22-28)42-49-38-7-4-5-10-41(38)55-42/h4-5,7,10,12,14-24,31,36,47H,3,6,8-9,11,13,25-26H2,1-2H3. The van der Waals surface area contributed by atoms with Crippen LogP contribution in [0.5, 0.6) is 5.75 Å². The molecule has 0 saturated heterocycles. The molecule has 1 aliphatic carbocycles. The summed E-state index contributed by atoms with van der Waals surface area (Å²) in [7, 11) is 1.36. The highest BCUT2D eigenvalue weighted by Gasteiger charge is 2.24. The molecule has 0 saturated carbocycles. The average Bonchev–Trinajstić information content (AvgIpc) is 3.65. The highest BCUT2D eigenvalue weighted by molar-refractivity contribution is 6.30. The summed E-state index contributed by atoms with van der Waals surface area (Å²) in [5, 5.41) is 4.24. The van der Waals surface area contributed by atoms with E-state index in [2.05, 4.69) is 15.3 Å². The van der Waals surface area contributed by atoms with Crippen LogP contribution in [0.4, 0.5) is 4.39 Å². The van der Waals surface area contributed by atoms with Crippen LogP contribution in [0.3, 0.4) is 0 Å². The number of oxazole rings is 1. The second-order valence-electron chi connectivity index (χ2n) is 13.5. The molecule has 0 radical (unpaired) electrons. The molecular weight excluding hydrogens is 721 g/mol. The maximum Gasteiger partial charge on any atom is 0.356 e. The van der Waals surface area contributed by atoms with Crippen molar-refractivity contribution in [1.82, 2.24) is 15.3 Å². The molecule has 1 N–H and O–H groups in total. The number of esters is 2. The second-order valence-corrected chi connectivity index (χ2v) is 14.0. The number of nitrogens with zero attached hydrogens (tertiary/aromatic N) is 2. The Hall–Kier alpha value is -5.58. The van der Waals surface area contributed by atoms with E-state index in [-0.39, 0.29) is 24.3 Å². The molecule has 0 spiro atoms. The molecule has 0 aliphatic heterocycles. The molecule has 0 bridgehead atoms. The third kappa shape index (κ3) is 9.04. The molecule has 2 aromatic heterocycles. The largest absolute Gasteiger partial charge is 0.486 e. The van der Waals surface area contributed by atoms with E-state index in [1.807, 2.05) is 54.6 Å². The van der Waals surface area contributed by atoms with Gasteiger partial charge in [0.25, 0.3) is 0 Å². The van der Waals surface area contributed by atoms with Gasteiger partial charge in [-0.25, -0.2) is 23.9 Å². The van der Waals surface area contributed by atoms with Gasteiger partial charge in [0, 0.05) is 28.9 Å². The Kier molecular flexibility index (Phi) is 11.8. The summed E-state index contributed by atoms with van der Waals surface area (Å²) < 4.78 is 37.4. The maximum atomic E-state index is 15.5. The molecule has 2 atom stereocenters. The van der Waals surface area contributed by atoms with E-state index < -0.39 is 17.8 Å². The number of hydrogen-bond donors (Lipinski definition) is 1. The van der Waals surface area contributed by atoms with Crippen LogP contribution in [0.1, 0.15) is 86.9 Å². The summed E-state index contributed by atoms with van der Waals surface area (Å²) in [5.41, 5.74) is 7.54. The summed E-state index contributed by atoms with van der Waals surface area (Å²) in [6, 6.07) is 29.2. The first-order chi connectivity index (χ1) is 26.8. The molecule has 6 aromatic rings. The van der Waals surface area contributed by atoms with Crippen LogP contribution in [-0.4, -0.2) is 42.2 Å². The van der Waals surface area contributed by atoms with Crippen molar-refractivity contribution in [3.63, 3.8) is 0 Å². The molecule has 55 heavy (non-hydrogen) atoms. The number of carbonyl (C=O) groups excluding carboxylic acids is 2. The Balaban J connectivity index is 1.02. The van der Waals surface area contributed by atoms with E-state index in [1.165, 1.54) is 13.2 Å². The van der Waals surface area contributed by atoms with Crippen molar-refractivity contribution < 1.29 is 32.6 Å². The van der Waals surface area contributed by atoms with Crippen molar-refractivity contribution in [2.75, 3.05) is 20.3 Å². The minimum atomic E-state index is -0.454. The highest BCUT2D eigenvalue weighted by Crippen LogP contribution is 2.32. The van der Waals surface area contributed by atoms with Gasteiger partial charge in [0.2, 0.25) is 5.89 Å². The minimum absolute atomic E-state index is 0.0427. The Labute approximate surface area is 323 Å². The number of ether oxygens (including phenoxy) is 3. The monoisotopic (exact) mass is 761 g/mol. The summed E-state index contributed by atoms with van der Waals surface area (Å²) in [6.07, 6.45) is 3.99. The third-order valence-corrected chi connectivity index (χ3v) is 10.1. The smallest absolute Gasteiger partial charge is 0.356 e. The molecule has 1 aliphatic rings. The van der Waals surface area contributed by atoms with Gasteiger partial charge >= 0.3 is 11.9 Å². The van der Waals surface area contributed by atoms with Gasteiger partial charge < -0.3 is 23.9 Å². The molecule has 11 heteroatoms. The first-order valence-electron chi connectivity index (χ1n) is 18.4. The Morgan fingerprint density at radius 2 is 1.80 bits per heavy atom. The summed E-state index contributed by atoms with van der Waals surface area (Å²) in [6.45, 7) is 2.81. The lowest BCUT2D eigenvalue weighted by Crippen LogP contribution is -2.30. The number of para-hydroxylation sites is 2. The van der Waals surface area contributed by atoms with Gasteiger partial charge in [0.05, 0.1) is 19.3 Å². The second kappa shape index (κ2) is 17.3. The molecule has 2 unspecified atom stereocenters. The van der Waals surface area contributed by atoms with E-state index in [0.29, 0.717) is 59.3 Å². The number of pyridine rings is 1. The number of methoxy groups -OCH3 is 1. The molecule has 282 valence electrons. The van der Waals surface area contributed by atoms with Crippen molar-refractivity contribution >= 4 is 34.6 Å². The molecule has 2 heterocycles. The lowest BCUT2D eigenvalue weighted by Gasteiger charge is -2.28. The van der Waals surface area contributed by atoms with Crippen LogP contribution in [0, 0.1) is 5.82 Å². The molecule has 0 amide bonds. The number of rotatable bonds is 14. The fraction of sp³-hybridized carbons (Fsp3) is 0.273. The van der Waals surface area contributed by atoms with Crippen LogP contribution in [0.25, 0.3) is 22.6 Å². The van der Waals surface area contributed by atoms with Crippen molar-refractivity contribution in [2.24, 2.45) is 0 Å². The van der Waals surface area contributed by atoms with E-state index in [4.69, 9.17) is 30.2 Å². The zero-order valence-corrected chi connectivity index (χ0v) is 31.4. The van der Waals surface area contributed by atoms with Gasteiger partial charge in [-0.2, -0.15) is 0 Å². The maximum absolute atomic E-state index is 15.5. The van der Waals surface area contributed by atoms with Gasteiger partial charge in [0.15, 0.2) is 17.1 Å². The fourth-order valence-electron chi connectivity index (χ4n) is 7.04. The quantitative estimate of drug-likeness (QED) is 0.108. The van der Waals surface area contributed by atoms with Gasteiger partial charge in [-0.3, -0.25) is 0 Å². The predicted molar refractivity (Wildman–Crippen MR) is 208 cm³/mol. The lowest BCUT2D eigenvalue weighted by atomic mass is 9.88. The normalized spacial score (nSPS) is 14.3. The number of benzene rings is 4. The Bertz CT molecular complexity index is 2280. The zero-order valence-electron chi connectivity index (χ0n) is 30.6. The lowest BCUT2D eigenvalue weighted by molar-refractivity contribution is 0.0518. The van der Waals surface area contributed by atoms with Crippen LogP contribution in [0.15, 0.2) is 101 Å². The van der Waals surface area contributed by atoms with E-state index in [1.54, 1.807) is 43.3 Å². The van der Waals surface area contributed by atoms with Gasteiger partial charge in [-0.05, 0) is 128 Å². The molecule has 7 rings (SSSR count). The van der Waals surface area contributed by atoms with Crippen molar-refractivity contribution in [3.8, 4) is 17.2 Å². The predicted octanol–water partition coefficient (Wildman–Crippen LogP) is 9.61. The number of carbonyl (C=O) groups is 2. The third-order valence-electron chi connectivity index (χ3n) is 9.86. The van der Waals surface area contributed by atoms with Crippen molar-refractivity contribution in [3.05, 3.63) is 147 Å². The summed E-state index contributed by atoms with van der Waals surface area (Å²) in [5.74, 6) is -0.644. The van der Waals surface area contributed by atoms with Crippen molar-refractivity contribution in [1.29, 1.82) is 0 Å². The van der Waals surface area contributed by atoms with Crippen LogP contribution >= 0.6 is 11.6 Å². The van der Waals surface area contributed by atoms with Crippen LogP contribution < -0.4 is 10.1 Å². The Morgan fingerprint density at radius 3 is 2.58 bits per heavy atom. The van der Waals surface area contributed by atoms with E-state index in [9.17, 15) is 9.59 Å². The van der Waals surface area contributed by atoms with E-state index >= 15 is 4.39 Å². The number of hydrogen-bond acceptors (Lipinski definition) is 9. The van der Waals surface area contributed by atoms with Crippen molar-refractivity contribution in [2.45, 2.75) is 57.6 Å². The van der Waals surface area contributed by atoms with Gasteiger partial charge in [0.1, 0.15) is 17.8 Å². The Morgan fingerprint density at radius 1 is 0.964 bits per heavy atom. The van der Waals surface area contributed by atoms with Crippen LogP contribution in [-0.2, 0) is 28.9 Å². The number of halogens is 2. The molecule has 4 aromatic carbocycles. The average molecular weight is 762 g/mol. The molecule has 0 fully saturated rings. The highest BCUT2D eigenvalue weighted by atomic mass is 35.5. The van der Waals surface area contributed by atoms with Crippen LogP contribution in [0.2, 0.25) is 5.02 Å². The molecular formula is C44H41ClFN3O6. The summed E-state index contributed by atoms with van der Waals surface area (Å²) in [4.78, 5) is 33.6. The number of aromatic nitrogens is 2. The minimum Gasteiger partial charge on any atom is -0.486 e. The zero-order chi connectivity index (χ0) is 38.3. The number of aryl methyl sites for hydroxylation is 2.